The molecule has 1 aliphatic rings. The van der Waals surface area contributed by atoms with Crippen LogP contribution in [0.2, 0.25) is 0 Å². The molecule has 2 atom stereocenters. The van der Waals surface area contributed by atoms with E-state index in [9.17, 15) is 0 Å². The lowest BCUT2D eigenvalue weighted by atomic mass is 10.2. The van der Waals surface area contributed by atoms with Gasteiger partial charge in [-0.05, 0) is 49.8 Å². The molecule has 1 fully saturated rings. The number of benzene rings is 1. The lowest BCUT2D eigenvalue weighted by Crippen LogP contribution is -2.14. The van der Waals surface area contributed by atoms with Crippen LogP contribution in [0.3, 0.4) is 0 Å². The highest BCUT2D eigenvalue weighted by Gasteiger charge is 2.23. The fraction of sp³-hybridized carbons (Fsp3) is 0.533. The van der Waals surface area contributed by atoms with Crippen molar-refractivity contribution in [2.75, 3.05) is 19.0 Å². The summed E-state index contributed by atoms with van der Waals surface area (Å²) in [6, 6.07) is 9.35. The van der Waals surface area contributed by atoms with Gasteiger partial charge in [0.25, 0.3) is 0 Å². The van der Waals surface area contributed by atoms with E-state index in [0.29, 0.717) is 16.9 Å². The number of thioether (sulfide) groups is 1. The summed E-state index contributed by atoms with van der Waals surface area (Å²) in [5.74, 6) is 1.94. The molecule has 19 heavy (non-hydrogen) atoms. The Morgan fingerprint density at radius 1 is 1.42 bits per heavy atom. The van der Waals surface area contributed by atoms with Gasteiger partial charge in [0.15, 0.2) is 0 Å². The lowest BCUT2D eigenvalue weighted by molar-refractivity contribution is 0.127. The average Bonchev–Trinajstić information content (AvgIpc) is 2.85. The molecule has 0 spiro atoms. The molecule has 0 N–H and O–H groups in total. The fourth-order valence-corrected chi connectivity index (χ4v) is 3.24. The van der Waals surface area contributed by atoms with Crippen LogP contribution < -0.4 is 4.74 Å². The minimum absolute atomic E-state index is 0.393. The third kappa shape index (κ3) is 4.45. The maximum absolute atomic E-state index is 8.70. The Labute approximate surface area is 118 Å². The predicted molar refractivity (Wildman–Crippen MR) is 77.5 cm³/mol. The van der Waals surface area contributed by atoms with Crippen LogP contribution in [0.15, 0.2) is 24.3 Å². The number of rotatable bonds is 6. The van der Waals surface area contributed by atoms with Crippen molar-refractivity contribution in [3.8, 4) is 11.8 Å². The molecule has 1 aromatic rings. The summed E-state index contributed by atoms with van der Waals surface area (Å²) >= 11 is 1.99. The molecule has 1 heterocycles. The average molecular weight is 277 g/mol. The van der Waals surface area contributed by atoms with Crippen LogP contribution in [-0.2, 0) is 4.74 Å². The molecule has 2 unspecified atom stereocenters. The van der Waals surface area contributed by atoms with Crippen molar-refractivity contribution in [3.63, 3.8) is 0 Å². The first-order valence-electron chi connectivity index (χ1n) is 6.66. The van der Waals surface area contributed by atoms with Crippen molar-refractivity contribution >= 4 is 11.8 Å². The molecule has 102 valence electrons. The van der Waals surface area contributed by atoms with Gasteiger partial charge >= 0.3 is 0 Å². The molecule has 0 radical (unpaired) electrons. The van der Waals surface area contributed by atoms with E-state index in [1.165, 1.54) is 6.42 Å². The van der Waals surface area contributed by atoms with Crippen LogP contribution in [0.1, 0.15) is 25.3 Å². The second-order valence-corrected chi connectivity index (χ2v) is 5.96. The van der Waals surface area contributed by atoms with Gasteiger partial charge in [0.1, 0.15) is 5.75 Å². The van der Waals surface area contributed by atoms with E-state index in [1.807, 2.05) is 23.9 Å². The van der Waals surface area contributed by atoms with E-state index in [4.69, 9.17) is 14.7 Å². The highest BCUT2D eigenvalue weighted by Crippen LogP contribution is 2.26. The van der Waals surface area contributed by atoms with Gasteiger partial charge in [0.05, 0.1) is 24.3 Å². The Morgan fingerprint density at radius 2 is 2.21 bits per heavy atom. The highest BCUT2D eigenvalue weighted by molar-refractivity contribution is 7.99. The van der Waals surface area contributed by atoms with Crippen molar-refractivity contribution < 1.29 is 9.47 Å². The second-order valence-electron chi connectivity index (χ2n) is 4.61. The molecule has 1 aromatic carbocycles. The summed E-state index contributed by atoms with van der Waals surface area (Å²) in [5, 5.41) is 9.34. The summed E-state index contributed by atoms with van der Waals surface area (Å²) in [4.78, 5) is 0. The molecule has 0 aliphatic carbocycles. The fourth-order valence-electron chi connectivity index (χ4n) is 2.04. The number of ether oxygens (including phenoxy) is 2. The van der Waals surface area contributed by atoms with Crippen LogP contribution in [-0.4, -0.2) is 30.3 Å². The minimum Gasteiger partial charge on any atom is -0.494 e. The monoisotopic (exact) mass is 277 g/mol. The van der Waals surface area contributed by atoms with Crippen molar-refractivity contribution in [2.45, 2.75) is 31.1 Å². The zero-order valence-corrected chi connectivity index (χ0v) is 12.0. The zero-order chi connectivity index (χ0) is 13.5. The summed E-state index contributed by atoms with van der Waals surface area (Å²) in [5.41, 5.74) is 0.665. The van der Waals surface area contributed by atoms with Crippen LogP contribution in [0, 0.1) is 11.3 Å². The largest absolute Gasteiger partial charge is 0.494 e. The van der Waals surface area contributed by atoms with Gasteiger partial charge in [0.2, 0.25) is 0 Å². The molecular formula is C15H19NO2S. The van der Waals surface area contributed by atoms with Crippen molar-refractivity contribution in [3.05, 3.63) is 29.8 Å². The summed E-state index contributed by atoms with van der Waals surface area (Å²) in [6.45, 7) is 3.78. The first-order valence-corrected chi connectivity index (χ1v) is 7.70. The molecule has 0 amide bonds. The third-order valence-corrected chi connectivity index (χ3v) is 4.75. The topological polar surface area (TPSA) is 42.2 Å². The third-order valence-electron chi connectivity index (χ3n) is 3.18. The van der Waals surface area contributed by atoms with Crippen molar-refractivity contribution in [1.82, 2.24) is 0 Å². The Bertz CT molecular complexity index is 427. The standard InChI is InChI=1S/C15H19NO2S/c1-12-15(7-9-17-12)19-10-2-8-18-14-5-3-13(11-16)4-6-14/h3-6,12,15H,2,7-10H2,1H3. The van der Waals surface area contributed by atoms with E-state index < -0.39 is 0 Å². The van der Waals surface area contributed by atoms with Gasteiger partial charge in [-0.15, -0.1) is 0 Å². The second kappa shape index (κ2) is 7.42. The van der Waals surface area contributed by atoms with E-state index in [-0.39, 0.29) is 0 Å². The van der Waals surface area contributed by atoms with E-state index >= 15 is 0 Å². The first kappa shape index (κ1) is 14.2. The van der Waals surface area contributed by atoms with E-state index in [0.717, 1.165) is 31.1 Å². The molecule has 1 aliphatic heterocycles. The van der Waals surface area contributed by atoms with Gasteiger partial charge in [-0.1, -0.05) is 0 Å². The maximum Gasteiger partial charge on any atom is 0.119 e. The van der Waals surface area contributed by atoms with E-state index in [2.05, 4.69) is 13.0 Å². The smallest absolute Gasteiger partial charge is 0.119 e. The molecule has 0 bridgehead atoms. The maximum atomic E-state index is 8.70. The summed E-state index contributed by atoms with van der Waals surface area (Å²) < 4.78 is 11.2. The molecule has 3 nitrogen and oxygen atoms in total. The van der Waals surface area contributed by atoms with Crippen LogP contribution in [0.4, 0.5) is 0 Å². The highest BCUT2D eigenvalue weighted by atomic mass is 32.2. The molecular weight excluding hydrogens is 258 g/mol. The normalized spacial score (nSPS) is 22.1. The molecule has 4 heteroatoms. The Balaban J connectivity index is 1.60. The zero-order valence-electron chi connectivity index (χ0n) is 11.2. The molecule has 0 saturated carbocycles. The van der Waals surface area contributed by atoms with Crippen LogP contribution >= 0.6 is 11.8 Å². The van der Waals surface area contributed by atoms with Gasteiger partial charge in [-0.2, -0.15) is 17.0 Å². The van der Waals surface area contributed by atoms with E-state index in [1.54, 1.807) is 12.1 Å². The first-order chi connectivity index (χ1) is 9.29. The summed E-state index contributed by atoms with van der Waals surface area (Å²) in [6.07, 6.45) is 2.60. The summed E-state index contributed by atoms with van der Waals surface area (Å²) in [7, 11) is 0. The van der Waals surface area contributed by atoms with Gasteiger partial charge in [-0.3, -0.25) is 0 Å². The van der Waals surface area contributed by atoms with Crippen LogP contribution in [0.5, 0.6) is 5.75 Å². The van der Waals surface area contributed by atoms with Gasteiger partial charge < -0.3 is 9.47 Å². The molecule has 1 saturated heterocycles. The SMILES string of the molecule is CC1OCCC1SCCCOc1ccc(C#N)cc1. The number of nitriles is 1. The quantitative estimate of drug-likeness (QED) is 0.749. The Morgan fingerprint density at radius 3 is 2.84 bits per heavy atom. The number of hydrogen-bond donors (Lipinski definition) is 0. The number of nitrogens with zero attached hydrogens (tertiary/aromatic N) is 1. The predicted octanol–water partition coefficient (Wildman–Crippen LogP) is 3.24. The number of hydrogen-bond acceptors (Lipinski definition) is 4. The Hall–Kier alpha value is -1.18. The molecule has 2 rings (SSSR count). The Kier molecular flexibility index (Phi) is 5.56. The van der Waals surface area contributed by atoms with Crippen LogP contribution in [0.25, 0.3) is 0 Å². The van der Waals surface area contributed by atoms with Crippen molar-refractivity contribution in [1.29, 1.82) is 5.26 Å². The van der Waals surface area contributed by atoms with Crippen molar-refractivity contribution in [2.24, 2.45) is 0 Å². The molecule has 0 aromatic heterocycles. The van der Waals surface area contributed by atoms with Gasteiger partial charge in [0, 0.05) is 11.9 Å². The minimum atomic E-state index is 0.393. The lowest BCUT2D eigenvalue weighted by Gasteiger charge is -2.13. The van der Waals surface area contributed by atoms with Gasteiger partial charge in [-0.25, -0.2) is 0 Å².